The predicted molar refractivity (Wildman–Crippen MR) is 96.7 cm³/mol. The molecule has 0 fully saturated rings. The predicted octanol–water partition coefficient (Wildman–Crippen LogP) is 4.71. The number of aromatic nitrogens is 1. The van der Waals surface area contributed by atoms with E-state index in [4.69, 9.17) is 0 Å². The quantitative estimate of drug-likeness (QED) is 0.670. The fourth-order valence-corrected chi connectivity index (χ4v) is 3.99. The Bertz CT molecular complexity index is 912. The molecule has 2 heterocycles. The minimum Gasteiger partial charge on any atom is -0.344 e. The molecule has 0 N–H and O–H groups in total. The van der Waals surface area contributed by atoms with Crippen LogP contribution in [-0.4, -0.2) is 23.1 Å². The van der Waals surface area contributed by atoms with E-state index in [9.17, 15) is 8.78 Å². The number of fused-ring (bicyclic) bond motifs is 3. The summed E-state index contributed by atoms with van der Waals surface area (Å²) in [6.07, 6.45) is 1.80. The van der Waals surface area contributed by atoms with E-state index in [-0.39, 0.29) is 17.7 Å². The highest BCUT2D eigenvalue weighted by atomic mass is 19.1. The third-order valence-electron chi connectivity index (χ3n) is 5.49. The number of rotatable bonds is 3. The third-order valence-corrected chi connectivity index (χ3v) is 5.49. The SMILES string of the molecule is CC1c2c(n(CCc3ccc(F)cc3)c3ccc(F)cc23)CCN1C. The first-order valence-electron chi connectivity index (χ1n) is 8.80. The summed E-state index contributed by atoms with van der Waals surface area (Å²) in [4.78, 5) is 2.32. The van der Waals surface area contributed by atoms with Gasteiger partial charge in [-0.3, -0.25) is 4.90 Å². The Labute approximate surface area is 146 Å². The van der Waals surface area contributed by atoms with Crippen LogP contribution in [0.4, 0.5) is 8.78 Å². The summed E-state index contributed by atoms with van der Waals surface area (Å²) in [5.41, 5.74) is 4.77. The van der Waals surface area contributed by atoms with Gasteiger partial charge in [-0.2, -0.15) is 0 Å². The molecule has 25 heavy (non-hydrogen) atoms. The van der Waals surface area contributed by atoms with Crippen LogP contribution in [0.3, 0.4) is 0 Å². The van der Waals surface area contributed by atoms with E-state index in [0.29, 0.717) is 0 Å². The highest BCUT2D eigenvalue weighted by molar-refractivity contribution is 5.86. The van der Waals surface area contributed by atoms with Crippen molar-refractivity contribution in [2.75, 3.05) is 13.6 Å². The van der Waals surface area contributed by atoms with Crippen molar-refractivity contribution in [2.45, 2.75) is 32.4 Å². The lowest BCUT2D eigenvalue weighted by molar-refractivity contribution is 0.245. The Hall–Kier alpha value is -2.20. The van der Waals surface area contributed by atoms with Crippen LogP contribution in [0.1, 0.15) is 29.8 Å². The average molecular weight is 340 g/mol. The molecule has 0 saturated carbocycles. The summed E-state index contributed by atoms with van der Waals surface area (Å²) in [5, 5.41) is 1.02. The van der Waals surface area contributed by atoms with Gasteiger partial charge in [0.25, 0.3) is 0 Å². The van der Waals surface area contributed by atoms with Crippen LogP contribution in [-0.2, 0) is 19.4 Å². The highest BCUT2D eigenvalue weighted by Crippen LogP contribution is 2.37. The molecule has 1 aliphatic heterocycles. The number of benzene rings is 2. The van der Waals surface area contributed by atoms with E-state index in [0.717, 1.165) is 42.4 Å². The molecule has 0 bridgehead atoms. The third kappa shape index (κ3) is 2.85. The van der Waals surface area contributed by atoms with Crippen LogP contribution in [0, 0.1) is 11.6 Å². The lowest BCUT2D eigenvalue weighted by Gasteiger charge is -2.31. The van der Waals surface area contributed by atoms with Gasteiger partial charge in [0.05, 0.1) is 0 Å². The monoisotopic (exact) mass is 340 g/mol. The van der Waals surface area contributed by atoms with E-state index in [2.05, 4.69) is 23.4 Å². The van der Waals surface area contributed by atoms with Crippen molar-refractivity contribution in [1.82, 2.24) is 9.47 Å². The van der Waals surface area contributed by atoms with E-state index < -0.39 is 0 Å². The maximum Gasteiger partial charge on any atom is 0.123 e. The van der Waals surface area contributed by atoms with Crippen molar-refractivity contribution < 1.29 is 8.78 Å². The van der Waals surface area contributed by atoms with Crippen molar-refractivity contribution in [3.63, 3.8) is 0 Å². The largest absolute Gasteiger partial charge is 0.344 e. The first-order valence-corrected chi connectivity index (χ1v) is 8.80. The molecule has 0 aliphatic carbocycles. The second-order valence-electron chi connectivity index (χ2n) is 6.96. The first-order chi connectivity index (χ1) is 12.0. The summed E-state index contributed by atoms with van der Waals surface area (Å²) in [5.74, 6) is -0.397. The molecule has 0 radical (unpaired) electrons. The number of likely N-dealkylation sites (N-methyl/N-ethyl adjacent to an activating group) is 1. The molecule has 2 nitrogen and oxygen atoms in total. The molecule has 1 aliphatic rings. The molecule has 0 saturated heterocycles. The zero-order chi connectivity index (χ0) is 17.6. The molecule has 2 aromatic carbocycles. The van der Waals surface area contributed by atoms with Crippen molar-refractivity contribution in [3.8, 4) is 0 Å². The lowest BCUT2D eigenvalue weighted by atomic mass is 9.97. The van der Waals surface area contributed by atoms with Gasteiger partial charge in [0, 0.05) is 42.1 Å². The van der Waals surface area contributed by atoms with Gasteiger partial charge >= 0.3 is 0 Å². The van der Waals surface area contributed by atoms with Crippen molar-refractivity contribution in [2.24, 2.45) is 0 Å². The summed E-state index contributed by atoms with van der Waals surface area (Å²) >= 11 is 0. The van der Waals surface area contributed by atoms with Crippen LogP contribution in [0.5, 0.6) is 0 Å². The maximum atomic E-state index is 13.9. The van der Waals surface area contributed by atoms with Crippen LogP contribution >= 0.6 is 0 Å². The fourth-order valence-electron chi connectivity index (χ4n) is 3.99. The highest BCUT2D eigenvalue weighted by Gasteiger charge is 2.27. The molecule has 1 aromatic heterocycles. The second kappa shape index (κ2) is 6.26. The smallest absolute Gasteiger partial charge is 0.123 e. The van der Waals surface area contributed by atoms with Crippen LogP contribution < -0.4 is 0 Å². The van der Waals surface area contributed by atoms with Crippen molar-refractivity contribution in [3.05, 3.63) is 70.9 Å². The van der Waals surface area contributed by atoms with Crippen LogP contribution in [0.15, 0.2) is 42.5 Å². The summed E-state index contributed by atoms with van der Waals surface area (Å²) in [6, 6.07) is 12.1. The Morgan fingerprint density at radius 2 is 1.76 bits per heavy atom. The topological polar surface area (TPSA) is 8.17 Å². The molecule has 1 unspecified atom stereocenters. The molecule has 0 spiro atoms. The van der Waals surface area contributed by atoms with E-state index in [1.165, 1.54) is 29.5 Å². The Morgan fingerprint density at radius 1 is 1.04 bits per heavy atom. The Balaban J connectivity index is 1.76. The fraction of sp³-hybridized carbons (Fsp3) is 0.333. The first kappa shape index (κ1) is 16.3. The molecule has 130 valence electrons. The van der Waals surface area contributed by atoms with Crippen molar-refractivity contribution in [1.29, 1.82) is 0 Å². The molecule has 0 amide bonds. The molecular weight excluding hydrogens is 318 g/mol. The van der Waals surface area contributed by atoms with E-state index in [1.54, 1.807) is 6.07 Å². The normalized spacial score (nSPS) is 17.8. The van der Waals surface area contributed by atoms with Gasteiger partial charge in [0.15, 0.2) is 0 Å². The van der Waals surface area contributed by atoms with E-state index in [1.807, 2.05) is 18.2 Å². The van der Waals surface area contributed by atoms with Crippen LogP contribution in [0.25, 0.3) is 10.9 Å². The van der Waals surface area contributed by atoms with Crippen molar-refractivity contribution >= 4 is 10.9 Å². The zero-order valence-corrected chi connectivity index (χ0v) is 14.6. The van der Waals surface area contributed by atoms with Gasteiger partial charge in [-0.05, 0) is 61.9 Å². The minimum atomic E-state index is -0.208. The van der Waals surface area contributed by atoms with Gasteiger partial charge in [-0.1, -0.05) is 12.1 Å². The summed E-state index contributed by atoms with van der Waals surface area (Å²) in [6.45, 7) is 4.01. The number of nitrogens with zero attached hydrogens (tertiary/aromatic N) is 2. The second-order valence-corrected chi connectivity index (χ2v) is 6.96. The standard InChI is InChI=1S/C21H22F2N2/c1-14-21-18-13-17(23)7-8-19(18)25(20(21)10-11-24(14)2)12-9-15-3-5-16(22)6-4-15/h3-8,13-14H,9-12H2,1-2H3. The van der Waals surface area contributed by atoms with Gasteiger partial charge in [-0.25, -0.2) is 8.78 Å². The van der Waals surface area contributed by atoms with Gasteiger partial charge in [0.2, 0.25) is 0 Å². The van der Waals surface area contributed by atoms with Gasteiger partial charge in [-0.15, -0.1) is 0 Å². The summed E-state index contributed by atoms with van der Waals surface area (Å²) < 4.78 is 29.3. The number of hydrogen-bond donors (Lipinski definition) is 0. The molecule has 4 rings (SSSR count). The number of aryl methyl sites for hydroxylation is 2. The van der Waals surface area contributed by atoms with Crippen LogP contribution in [0.2, 0.25) is 0 Å². The Kier molecular flexibility index (Phi) is 4.08. The minimum absolute atomic E-state index is 0.189. The van der Waals surface area contributed by atoms with Gasteiger partial charge < -0.3 is 4.57 Å². The Morgan fingerprint density at radius 3 is 2.52 bits per heavy atom. The molecular formula is C21H22F2N2. The average Bonchev–Trinajstić information content (AvgIpc) is 2.91. The van der Waals surface area contributed by atoms with E-state index >= 15 is 0 Å². The molecule has 4 heteroatoms. The maximum absolute atomic E-state index is 13.9. The number of halogens is 2. The molecule has 3 aromatic rings. The summed E-state index contributed by atoms with van der Waals surface area (Å²) in [7, 11) is 2.12. The zero-order valence-electron chi connectivity index (χ0n) is 14.6. The van der Waals surface area contributed by atoms with Gasteiger partial charge in [0.1, 0.15) is 11.6 Å². The molecule has 1 atom stereocenters. The number of hydrogen-bond acceptors (Lipinski definition) is 1. The lowest BCUT2D eigenvalue weighted by Crippen LogP contribution is -2.31.